The van der Waals surface area contributed by atoms with Crippen molar-refractivity contribution in [2.75, 3.05) is 31.6 Å². The summed E-state index contributed by atoms with van der Waals surface area (Å²) in [5.74, 6) is -0.664. The number of primary amides is 1. The van der Waals surface area contributed by atoms with Gasteiger partial charge in [0.05, 0.1) is 24.8 Å². The molecule has 1 aromatic rings. The van der Waals surface area contributed by atoms with Crippen LogP contribution in [0.4, 0.5) is 5.00 Å². The summed E-state index contributed by atoms with van der Waals surface area (Å²) < 4.78 is 5.25. The Morgan fingerprint density at radius 1 is 1.47 bits per heavy atom. The Bertz CT molecular complexity index is 469. The van der Waals surface area contributed by atoms with Crippen LogP contribution < -0.4 is 11.1 Å². The molecule has 1 fully saturated rings. The monoisotopic (exact) mass is 283 g/mol. The first-order valence-electron chi connectivity index (χ1n) is 6.09. The third kappa shape index (κ3) is 3.31. The molecule has 0 aliphatic carbocycles. The lowest BCUT2D eigenvalue weighted by Crippen LogP contribution is -2.47. The number of amides is 2. The minimum absolute atomic E-state index is 0.133. The fourth-order valence-corrected chi connectivity index (χ4v) is 2.74. The van der Waals surface area contributed by atoms with Crippen LogP contribution in [-0.4, -0.2) is 49.1 Å². The molecular formula is C12H17N3O3S. The zero-order chi connectivity index (χ0) is 13.8. The molecule has 0 radical (unpaired) electrons. The van der Waals surface area contributed by atoms with Crippen LogP contribution in [0.25, 0.3) is 0 Å². The Hall–Kier alpha value is -1.44. The number of rotatable bonds is 4. The molecule has 1 saturated heterocycles. The van der Waals surface area contributed by atoms with Crippen molar-refractivity contribution < 1.29 is 14.3 Å². The number of hydrogen-bond donors (Lipinski definition) is 2. The summed E-state index contributed by atoms with van der Waals surface area (Å²) in [6.45, 7) is 4.61. The maximum Gasteiger partial charge on any atom is 0.251 e. The molecular weight excluding hydrogens is 266 g/mol. The van der Waals surface area contributed by atoms with Gasteiger partial charge in [0.15, 0.2) is 0 Å². The third-order valence-electron chi connectivity index (χ3n) is 3.14. The predicted octanol–water partition coefficient (Wildman–Crippen LogP) is 0.506. The second-order valence-electron chi connectivity index (χ2n) is 4.34. The number of anilines is 1. The van der Waals surface area contributed by atoms with Crippen LogP contribution >= 0.6 is 11.3 Å². The van der Waals surface area contributed by atoms with Gasteiger partial charge in [-0.1, -0.05) is 0 Å². The molecule has 2 rings (SSSR count). The molecule has 3 N–H and O–H groups in total. The highest BCUT2D eigenvalue weighted by Crippen LogP contribution is 2.23. The fraction of sp³-hybridized carbons (Fsp3) is 0.500. The molecule has 1 atom stereocenters. The van der Waals surface area contributed by atoms with Gasteiger partial charge in [0.1, 0.15) is 5.00 Å². The van der Waals surface area contributed by atoms with E-state index in [2.05, 4.69) is 10.2 Å². The van der Waals surface area contributed by atoms with Crippen molar-refractivity contribution in [1.29, 1.82) is 0 Å². The SMILES string of the molecule is CC(C(=O)Nc1sccc1C(N)=O)N1CCOCC1. The van der Waals surface area contributed by atoms with Gasteiger partial charge in [-0.25, -0.2) is 0 Å². The number of thiophene rings is 1. The quantitative estimate of drug-likeness (QED) is 0.843. The molecule has 1 unspecified atom stereocenters. The largest absolute Gasteiger partial charge is 0.379 e. The summed E-state index contributed by atoms with van der Waals surface area (Å²) in [7, 11) is 0. The smallest absolute Gasteiger partial charge is 0.251 e. The lowest BCUT2D eigenvalue weighted by molar-refractivity contribution is -0.122. The number of hydrogen-bond acceptors (Lipinski definition) is 5. The molecule has 2 heterocycles. The molecule has 6 nitrogen and oxygen atoms in total. The van der Waals surface area contributed by atoms with Crippen molar-refractivity contribution in [1.82, 2.24) is 4.90 Å². The van der Waals surface area contributed by atoms with Gasteiger partial charge in [0.2, 0.25) is 5.91 Å². The van der Waals surface area contributed by atoms with Gasteiger partial charge in [-0.05, 0) is 18.4 Å². The van der Waals surface area contributed by atoms with Gasteiger partial charge < -0.3 is 15.8 Å². The summed E-state index contributed by atoms with van der Waals surface area (Å²) in [4.78, 5) is 25.4. The van der Waals surface area contributed by atoms with E-state index in [9.17, 15) is 9.59 Å². The Balaban J connectivity index is 1.99. The van der Waals surface area contributed by atoms with Crippen LogP contribution in [0, 0.1) is 0 Å². The molecule has 0 saturated carbocycles. The normalized spacial score (nSPS) is 17.9. The van der Waals surface area contributed by atoms with E-state index in [4.69, 9.17) is 10.5 Å². The summed E-state index contributed by atoms with van der Waals surface area (Å²) in [6.07, 6.45) is 0. The minimum atomic E-state index is -0.532. The van der Waals surface area contributed by atoms with Gasteiger partial charge in [0.25, 0.3) is 5.91 Å². The van der Waals surface area contributed by atoms with Crippen molar-refractivity contribution in [3.05, 3.63) is 17.0 Å². The van der Waals surface area contributed by atoms with Gasteiger partial charge in [-0.15, -0.1) is 11.3 Å². The molecule has 1 aromatic heterocycles. The van der Waals surface area contributed by atoms with Crippen LogP contribution in [-0.2, 0) is 9.53 Å². The number of carbonyl (C=O) groups is 2. The van der Waals surface area contributed by atoms with E-state index in [1.807, 2.05) is 6.92 Å². The summed E-state index contributed by atoms with van der Waals surface area (Å²) >= 11 is 1.29. The van der Waals surface area contributed by atoms with Crippen molar-refractivity contribution in [3.63, 3.8) is 0 Å². The fourth-order valence-electron chi connectivity index (χ4n) is 1.95. The molecule has 0 bridgehead atoms. The summed E-state index contributed by atoms with van der Waals surface area (Å²) in [5, 5.41) is 5.01. The highest BCUT2D eigenvalue weighted by Gasteiger charge is 2.24. The summed E-state index contributed by atoms with van der Waals surface area (Å²) in [6, 6.07) is 1.36. The summed E-state index contributed by atoms with van der Waals surface area (Å²) in [5.41, 5.74) is 5.60. The molecule has 0 aromatic carbocycles. The average molecular weight is 283 g/mol. The Kier molecular flexibility index (Phi) is 4.52. The maximum absolute atomic E-state index is 12.1. The standard InChI is InChI=1S/C12H17N3O3S/c1-8(15-3-5-18-6-4-15)11(17)14-12-9(10(13)16)2-7-19-12/h2,7-8H,3-6H2,1H3,(H2,13,16)(H,14,17). The zero-order valence-corrected chi connectivity index (χ0v) is 11.5. The minimum Gasteiger partial charge on any atom is -0.379 e. The predicted molar refractivity (Wildman–Crippen MR) is 73.3 cm³/mol. The molecule has 104 valence electrons. The van der Waals surface area contributed by atoms with Crippen LogP contribution in [0.2, 0.25) is 0 Å². The second-order valence-corrected chi connectivity index (χ2v) is 5.26. The van der Waals surface area contributed by atoms with E-state index < -0.39 is 5.91 Å². The number of nitrogens with one attached hydrogen (secondary N) is 1. The average Bonchev–Trinajstić information content (AvgIpc) is 2.87. The van der Waals surface area contributed by atoms with E-state index in [0.717, 1.165) is 13.1 Å². The van der Waals surface area contributed by atoms with Crippen LogP contribution in [0.15, 0.2) is 11.4 Å². The van der Waals surface area contributed by atoms with Gasteiger partial charge in [-0.3, -0.25) is 14.5 Å². The van der Waals surface area contributed by atoms with E-state index in [1.165, 1.54) is 11.3 Å². The lowest BCUT2D eigenvalue weighted by atomic mass is 10.2. The molecule has 0 spiro atoms. The maximum atomic E-state index is 12.1. The topological polar surface area (TPSA) is 84.7 Å². The van der Waals surface area contributed by atoms with E-state index >= 15 is 0 Å². The van der Waals surface area contributed by atoms with E-state index in [0.29, 0.717) is 23.8 Å². The first-order chi connectivity index (χ1) is 9.09. The third-order valence-corrected chi connectivity index (χ3v) is 3.97. The number of nitrogens with two attached hydrogens (primary N) is 1. The zero-order valence-electron chi connectivity index (χ0n) is 10.7. The van der Waals surface area contributed by atoms with Gasteiger partial charge in [-0.2, -0.15) is 0 Å². The first kappa shape index (κ1) is 14.0. The van der Waals surface area contributed by atoms with Crippen LogP contribution in [0.1, 0.15) is 17.3 Å². The number of carbonyl (C=O) groups excluding carboxylic acids is 2. The van der Waals surface area contributed by atoms with E-state index in [-0.39, 0.29) is 11.9 Å². The Morgan fingerprint density at radius 3 is 2.79 bits per heavy atom. The molecule has 1 aliphatic heterocycles. The van der Waals surface area contributed by atoms with Crippen LogP contribution in [0.3, 0.4) is 0 Å². The second kappa shape index (κ2) is 6.14. The Labute approximate surface area is 115 Å². The van der Waals surface area contributed by atoms with E-state index in [1.54, 1.807) is 11.4 Å². The highest BCUT2D eigenvalue weighted by atomic mass is 32.1. The van der Waals surface area contributed by atoms with Crippen molar-refractivity contribution in [3.8, 4) is 0 Å². The van der Waals surface area contributed by atoms with Gasteiger partial charge >= 0.3 is 0 Å². The van der Waals surface area contributed by atoms with Crippen molar-refractivity contribution >= 4 is 28.2 Å². The number of nitrogens with zero attached hydrogens (tertiary/aromatic N) is 1. The van der Waals surface area contributed by atoms with Crippen molar-refractivity contribution in [2.45, 2.75) is 13.0 Å². The molecule has 1 aliphatic rings. The first-order valence-corrected chi connectivity index (χ1v) is 6.97. The number of ether oxygens (including phenoxy) is 1. The Morgan fingerprint density at radius 2 is 2.16 bits per heavy atom. The molecule has 7 heteroatoms. The molecule has 2 amide bonds. The lowest BCUT2D eigenvalue weighted by Gasteiger charge is -2.31. The number of morpholine rings is 1. The highest BCUT2D eigenvalue weighted by molar-refractivity contribution is 7.14. The van der Waals surface area contributed by atoms with Gasteiger partial charge in [0, 0.05) is 13.1 Å². The molecule has 19 heavy (non-hydrogen) atoms. The van der Waals surface area contributed by atoms with Crippen molar-refractivity contribution in [2.24, 2.45) is 5.73 Å². The van der Waals surface area contributed by atoms with Crippen LogP contribution in [0.5, 0.6) is 0 Å².